The Morgan fingerprint density at radius 2 is 0.861 bits per heavy atom. The molecule has 0 saturated heterocycles. The van der Waals surface area contributed by atoms with Gasteiger partial charge in [0.1, 0.15) is 56.8 Å². The molecular weight excluding hydrogens is 951 g/mol. The van der Waals surface area contributed by atoms with Crippen LogP contribution in [0.2, 0.25) is 0 Å². The molecule has 72 heavy (non-hydrogen) atoms. The van der Waals surface area contributed by atoms with Crippen LogP contribution in [-0.4, -0.2) is 60.1 Å². The van der Waals surface area contributed by atoms with Crippen molar-refractivity contribution < 1.29 is 127 Å². The molecule has 8 rings (SSSR count). The van der Waals surface area contributed by atoms with Gasteiger partial charge >= 0.3 is 59.1 Å². The first-order chi connectivity index (χ1) is 33.6. The average molecular weight is 997 g/mol. The van der Waals surface area contributed by atoms with E-state index in [9.17, 15) is 49.2 Å². The van der Waals surface area contributed by atoms with Crippen LogP contribution in [0.25, 0.3) is 43.9 Å². The summed E-state index contributed by atoms with van der Waals surface area (Å²) in [7, 11) is 0. The Morgan fingerprint density at radius 1 is 0.486 bits per heavy atom. The van der Waals surface area contributed by atoms with E-state index in [1.165, 1.54) is 62.4 Å². The Hall–Kier alpha value is -6.66. The van der Waals surface area contributed by atoms with Gasteiger partial charge < -0.3 is 57.8 Å². The molecule has 16 nitrogen and oxygen atoms in total. The zero-order valence-electron chi connectivity index (χ0n) is 40.5. The summed E-state index contributed by atoms with van der Waals surface area (Å²) in [6.45, 7) is 8.01. The molecule has 0 aliphatic rings. The van der Waals surface area contributed by atoms with Crippen LogP contribution in [0.5, 0.6) is 34.5 Å². The second-order valence-corrected chi connectivity index (χ2v) is 16.0. The van der Waals surface area contributed by atoms with Crippen molar-refractivity contribution >= 4 is 67.4 Å². The second kappa shape index (κ2) is 25.1. The largest absolute Gasteiger partial charge is 1.00 e. The number of fused-ring (bicyclic) bond motifs is 4. The Bertz CT molecular complexity index is 3240. The summed E-state index contributed by atoms with van der Waals surface area (Å²) in [4.78, 5) is 71.0. The number of ketones is 2. The molecular formula is C54H46Na2O16. The molecule has 0 saturated carbocycles. The van der Waals surface area contributed by atoms with Gasteiger partial charge in [0.2, 0.25) is 10.9 Å². The number of carboxylic acids is 2. The number of hydrogen-bond acceptors (Lipinski definition) is 16. The maximum absolute atomic E-state index is 12.8. The molecule has 0 fully saturated rings. The summed E-state index contributed by atoms with van der Waals surface area (Å²) in [5, 5.41) is 43.2. The van der Waals surface area contributed by atoms with Gasteiger partial charge in [-0.05, 0) is 122 Å². The van der Waals surface area contributed by atoms with E-state index < -0.39 is 11.9 Å². The van der Waals surface area contributed by atoms with Crippen molar-refractivity contribution in [2.45, 2.75) is 53.4 Å². The number of Topliss-reactive ketones (excluding diaryl/α,β-unsaturated/α-hetero) is 2. The van der Waals surface area contributed by atoms with E-state index in [2.05, 4.69) is 0 Å². The number of rotatable bonds is 18. The zero-order chi connectivity index (χ0) is 50.2. The van der Waals surface area contributed by atoms with Crippen LogP contribution in [0.1, 0.15) is 93.1 Å². The van der Waals surface area contributed by atoms with Crippen LogP contribution in [-0.2, 0) is 12.8 Å². The summed E-state index contributed by atoms with van der Waals surface area (Å²) >= 11 is 0. The van der Waals surface area contributed by atoms with Gasteiger partial charge in [-0.1, -0.05) is 13.8 Å². The van der Waals surface area contributed by atoms with Crippen LogP contribution in [0.3, 0.4) is 0 Å². The predicted octanol–water partition coefficient (Wildman–Crippen LogP) is 1.26. The zero-order valence-corrected chi connectivity index (χ0v) is 44.5. The molecule has 0 spiro atoms. The van der Waals surface area contributed by atoms with E-state index >= 15 is 0 Å². The molecule has 360 valence electrons. The fourth-order valence-corrected chi connectivity index (χ4v) is 7.58. The Morgan fingerprint density at radius 3 is 1.21 bits per heavy atom. The summed E-state index contributed by atoms with van der Waals surface area (Å²) in [5.74, 6) is -1.31. The van der Waals surface area contributed by atoms with Crippen molar-refractivity contribution in [1.29, 1.82) is 0 Å². The Kier molecular flexibility index (Phi) is 19.6. The monoisotopic (exact) mass is 996 g/mol. The number of carbonyl (C=O) groups is 4. The number of benzene rings is 6. The molecule has 0 aliphatic carbocycles. The van der Waals surface area contributed by atoms with E-state index in [0.717, 1.165) is 11.1 Å². The minimum Gasteiger partial charge on any atom is -0.545 e. The van der Waals surface area contributed by atoms with Gasteiger partial charge in [0.25, 0.3) is 0 Å². The number of hydrogen-bond donors (Lipinski definition) is 2. The second-order valence-electron chi connectivity index (χ2n) is 16.0. The third kappa shape index (κ3) is 13.1. The molecule has 2 aromatic heterocycles. The van der Waals surface area contributed by atoms with Crippen molar-refractivity contribution in [3.8, 4) is 34.5 Å². The Balaban J connectivity index is 0.000000260. The molecule has 2 N–H and O–H groups in total. The first kappa shape index (κ1) is 56.3. The molecule has 0 radical (unpaired) electrons. The predicted molar refractivity (Wildman–Crippen MR) is 255 cm³/mol. The molecule has 0 amide bonds. The standard InChI is InChI=1S/2C27H24O8.2Na/c2*1-3-16-11-20(15(2)28)22(29)14-24(16)34-10-4-9-33-18-6-7-19-25(13-18)35-23-8-5-17(27(31)32)12-21(23)26(19)30;;/h2*5-8,11-14,29H,3-4,9-10H2,1-2H3,(H,31,32);;/q;;2*+1/p-2. The Labute approximate surface area is 455 Å². The molecule has 0 aliphatic heterocycles. The molecule has 6 aromatic carbocycles. The fraction of sp³-hybridized carbons (Fsp3) is 0.222. The quantitative estimate of drug-likeness (QED) is 0.0531. The topological polar surface area (TPSA) is 252 Å². The number of aromatic hydroxyl groups is 2. The maximum Gasteiger partial charge on any atom is 1.00 e. The van der Waals surface area contributed by atoms with Crippen molar-refractivity contribution in [2.75, 3.05) is 26.4 Å². The summed E-state index contributed by atoms with van der Waals surface area (Å²) in [6.07, 6.45) is 2.39. The van der Waals surface area contributed by atoms with Crippen molar-refractivity contribution in [1.82, 2.24) is 0 Å². The van der Waals surface area contributed by atoms with Crippen molar-refractivity contribution in [3.05, 3.63) is 151 Å². The smallest absolute Gasteiger partial charge is 0.545 e. The number of aromatic carboxylic acids is 2. The van der Waals surface area contributed by atoms with Crippen LogP contribution in [0.4, 0.5) is 0 Å². The fourth-order valence-electron chi connectivity index (χ4n) is 7.58. The molecule has 8 aromatic rings. The summed E-state index contributed by atoms with van der Waals surface area (Å²) in [5.41, 5.74) is 2.52. The molecule has 0 unspecified atom stereocenters. The number of carbonyl (C=O) groups excluding carboxylic acids is 4. The van der Waals surface area contributed by atoms with Gasteiger partial charge in [-0.3, -0.25) is 19.2 Å². The minimum atomic E-state index is -1.37. The van der Waals surface area contributed by atoms with E-state index in [1.807, 2.05) is 13.8 Å². The number of ether oxygens (including phenoxy) is 4. The number of carboxylic acid groups (broad SMARTS) is 2. The average Bonchev–Trinajstić information content (AvgIpc) is 3.33. The normalized spacial score (nSPS) is 10.7. The SMILES string of the molecule is CCc1cc(C(C)=O)c(O)cc1OCCCOc1ccc2c(=O)c3cc(C(=O)[O-])ccc3oc2c1.CCc1cc(C(C)=O)c(O)cc1OCCCOc1ccc2c(=O)c3cc(C(=O)[O-])ccc3oc2c1.[Na+].[Na+]. The maximum atomic E-state index is 12.8. The number of phenolic OH excluding ortho intramolecular Hbond substituents is 2. The van der Waals surface area contributed by atoms with Gasteiger partial charge in [-0.15, -0.1) is 0 Å². The van der Waals surface area contributed by atoms with Gasteiger partial charge in [-0.25, -0.2) is 0 Å². The summed E-state index contributed by atoms with van der Waals surface area (Å²) < 4.78 is 34.7. The number of aryl methyl sites for hydroxylation is 2. The molecule has 18 heteroatoms. The third-order valence-corrected chi connectivity index (χ3v) is 11.3. The molecule has 0 atom stereocenters. The third-order valence-electron chi connectivity index (χ3n) is 11.3. The summed E-state index contributed by atoms with van der Waals surface area (Å²) in [6, 6.07) is 23.9. The van der Waals surface area contributed by atoms with Crippen LogP contribution in [0, 0.1) is 0 Å². The van der Waals surface area contributed by atoms with Crippen LogP contribution in [0.15, 0.2) is 115 Å². The van der Waals surface area contributed by atoms with E-state index in [4.69, 9.17) is 27.8 Å². The molecule has 0 bridgehead atoms. The van der Waals surface area contributed by atoms with Crippen molar-refractivity contribution in [2.24, 2.45) is 0 Å². The van der Waals surface area contributed by atoms with Gasteiger partial charge in [0.05, 0.1) is 71.0 Å². The van der Waals surface area contributed by atoms with Gasteiger partial charge in [-0.2, -0.15) is 0 Å². The van der Waals surface area contributed by atoms with E-state index in [1.54, 1.807) is 48.5 Å². The van der Waals surface area contributed by atoms with Gasteiger partial charge in [0, 0.05) is 37.1 Å². The van der Waals surface area contributed by atoms with Gasteiger partial charge in [0.15, 0.2) is 11.6 Å². The molecule has 2 heterocycles. The van der Waals surface area contributed by atoms with Crippen molar-refractivity contribution in [3.63, 3.8) is 0 Å². The van der Waals surface area contributed by atoms with Crippen LogP contribution < -0.4 is 99.1 Å². The first-order valence-corrected chi connectivity index (χ1v) is 22.3. The van der Waals surface area contributed by atoms with E-state index in [-0.39, 0.29) is 137 Å². The first-order valence-electron chi connectivity index (χ1n) is 22.3. The number of phenols is 2. The van der Waals surface area contributed by atoms with E-state index in [0.29, 0.717) is 97.0 Å². The minimum absolute atomic E-state index is 0. The van der Waals surface area contributed by atoms with Crippen LogP contribution >= 0.6 is 0 Å².